The lowest BCUT2D eigenvalue weighted by Crippen LogP contribution is -2.32. The number of nitrogens with zero attached hydrogens (tertiary/aromatic N) is 1. The Bertz CT molecular complexity index is 458. The molecule has 2 aliphatic carbocycles. The smallest absolute Gasteiger partial charge is 0.164 e. The summed E-state index contributed by atoms with van der Waals surface area (Å²) in [5, 5.41) is 10.2. The van der Waals surface area contributed by atoms with E-state index in [1.807, 2.05) is 0 Å². The number of rotatable bonds is 7. The van der Waals surface area contributed by atoms with Crippen LogP contribution in [0.5, 0.6) is 0 Å². The lowest BCUT2D eigenvalue weighted by molar-refractivity contribution is 0.104. The Morgan fingerprint density at radius 1 is 1.10 bits per heavy atom. The Hall–Kier alpha value is -1.00. The number of benzene rings is 1. The highest BCUT2D eigenvalue weighted by Crippen LogP contribution is 2.34. The molecule has 0 amide bonds. The fourth-order valence-corrected chi connectivity index (χ4v) is 2.68. The molecule has 1 atom stereocenters. The maximum absolute atomic E-state index is 13.7. The highest BCUT2D eigenvalue weighted by molar-refractivity contribution is 5.21. The van der Waals surface area contributed by atoms with Gasteiger partial charge in [-0.3, -0.25) is 4.90 Å². The molecule has 2 aliphatic rings. The van der Waals surface area contributed by atoms with Crippen LogP contribution in [0.25, 0.3) is 0 Å². The van der Waals surface area contributed by atoms with E-state index in [0.717, 1.165) is 31.0 Å². The van der Waals surface area contributed by atoms with Gasteiger partial charge in [-0.15, -0.1) is 0 Å². The lowest BCUT2D eigenvalue weighted by atomic mass is 10.1. The topological polar surface area (TPSA) is 23.5 Å². The molecule has 2 saturated carbocycles. The number of halogens is 2. The number of hydrogen-bond acceptors (Lipinski definition) is 2. The highest BCUT2D eigenvalue weighted by Gasteiger charge is 2.30. The van der Waals surface area contributed by atoms with Gasteiger partial charge in [0.25, 0.3) is 0 Å². The molecule has 3 rings (SSSR count). The van der Waals surface area contributed by atoms with Crippen molar-refractivity contribution < 1.29 is 13.9 Å². The van der Waals surface area contributed by atoms with Crippen molar-refractivity contribution in [2.24, 2.45) is 11.8 Å². The summed E-state index contributed by atoms with van der Waals surface area (Å²) in [6, 6.07) is 4.00. The second-order valence-electron chi connectivity index (χ2n) is 6.26. The van der Waals surface area contributed by atoms with E-state index in [-0.39, 0.29) is 5.56 Å². The van der Waals surface area contributed by atoms with E-state index in [0.29, 0.717) is 6.54 Å². The van der Waals surface area contributed by atoms with Crippen molar-refractivity contribution in [2.75, 3.05) is 19.6 Å². The van der Waals surface area contributed by atoms with E-state index in [1.165, 1.54) is 37.8 Å². The van der Waals surface area contributed by atoms with Crippen molar-refractivity contribution in [2.45, 2.75) is 31.8 Å². The SMILES string of the molecule is OC(CN(CC1CC1)CC1CC1)c1cccc(F)c1F. The zero-order valence-corrected chi connectivity index (χ0v) is 11.6. The molecule has 20 heavy (non-hydrogen) atoms. The molecule has 0 bridgehead atoms. The van der Waals surface area contributed by atoms with Crippen LogP contribution in [0.1, 0.15) is 37.4 Å². The minimum atomic E-state index is -0.955. The molecule has 1 aromatic rings. The summed E-state index contributed by atoms with van der Waals surface area (Å²) in [7, 11) is 0. The van der Waals surface area contributed by atoms with Crippen molar-refractivity contribution >= 4 is 0 Å². The molecule has 0 saturated heterocycles. The minimum absolute atomic E-state index is 0.0709. The van der Waals surface area contributed by atoms with Gasteiger partial charge in [-0.2, -0.15) is 0 Å². The summed E-state index contributed by atoms with van der Waals surface area (Å²) in [5.74, 6) is -0.341. The molecule has 0 spiro atoms. The van der Waals surface area contributed by atoms with Gasteiger partial charge < -0.3 is 5.11 Å². The number of aliphatic hydroxyl groups is 1. The number of hydrogen-bond donors (Lipinski definition) is 1. The van der Waals surface area contributed by atoms with Gasteiger partial charge in [0.1, 0.15) is 0 Å². The van der Waals surface area contributed by atoms with Crippen LogP contribution in [-0.4, -0.2) is 29.6 Å². The van der Waals surface area contributed by atoms with Gasteiger partial charge in [-0.05, 0) is 43.6 Å². The van der Waals surface area contributed by atoms with E-state index in [9.17, 15) is 13.9 Å². The largest absolute Gasteiger partial charge is 0.387 e. The Morgan fingerprint density at radius 2 is 1.70 bits per heavy atom. The molecule has 1 N–H and O–H groups in total. The predicted molar refractivity (Wildman–Crippen MR) is 73.2 cm³/mol. The zero-order chi connectivity index (χ0) is 14.1. The van der Waals surface area contributed by atoms with Crippen molar-refractivity contribution in [3.05, 3.63) is 35.4 Å². The molecule has 2 fully saturated rings. The first-order valence-corrected chi connectivity index (χ1v) is 7.48. The Kier molecular flexibility index (Phi) is 4.03. The van der Waals surface area contributed by atoms with Gasteiger partial charge in [-0.25, -0.2) is 8.78 Å². The van der Waals surface area contributed by atoms with Gasteiger partial charge in [0.05, 0.1) is 6.10 Å². The normalized spacial score (nSPS) is 20.4. The van der Waals surface area contributed by atoms with Gasteiger partial charge in [0.2, 0.25) is 0 Å². The van der Waals surface area contributed by atoms with E-state index >= 15 is 0 Å². The predicted octanol–water partition coefficient (Wildman–Crippen LogP) is 3.12. The second kappa shape index (κ2) is 5.78. The lowest BCUT2D eigenvalue weighted by Gasteiger charge is -2.25. The highest BCUT2D eigenvalue weighted by atomic mass is 19.2. The standard InChI is InChI=1S/C16H21F2NO/c17-14-3-1-2-13(16(14)18)15(20)10-19(8-11-4-5-11)9-12-6-7-12/h1-3,11-12,15,20H,4-10H2. The summed E-state index contributed by atoms with van der Waals surface area (Å²) in [5.41, 5.74) is 0.0709. The van der Waals surface area contributed by atoms with Crippen LogP contribution in [0.4, 0.5) is 8.78 Å². The third-order valence-corrected chi connectivity index (χ3v) is 4.20. The Morgan fingerprint density at radius 3 is 2.25 bits per heavy atom. The van der Waals surface area contributed by atoms with Crippen LogP contribution in [0.15, 0.2) is 18.2 Å². The molecule has 1 aromatic carbocycles. The Labute approximate surface area is 118 Å². The molecule has 0 radical (unpaired) electrons. The Balaban J connectivity index is 1.64. The summed E-state index contributed by atoms with van der Waals surface area (Å²) >= 11 is 0. The molecule has 2 nitrogen and oxygen atoms in total. The first-order valence-electron chi connectivity index (χ1n) is 7.48. The van der Waals surface area contributed by atoms with Crippen LogP contribution in [-0.2, 0) is 0 Å². The van der Waals surface area contributed by atoms with Gasteiger partial charge in [0, 0.05) is 25.2 Å². The summed E-state index contributed by atoms with van der Waals surface area (Å²) in [6.07, 6.45) is 4.07. The first-order chi connectivity index (χ1) is 9.63. The summed E-state index contributed by atoms with van der Waals surface area (Å²) in [4.78, 5) is 2.23. The fourth-order valence-electron chi connectivity index (χ4n) is 2.68. The molecular weight excluding hydrogens is 260 g/mol. The monoisotopic (exact) mass is 281 g/mol. The molecular formula is C16H21F2NO. The molecule has 0 aromatic heterocycles. The first kappa shape index (κ1) is 14.0. The average molecular weight is 281 g/mol. The molecule has 0 heterocycles. The summed E-state index contributed by atoms with van der Waals surface area (Å²) < 4.78 is 26.9. The van der Waals surface area contributed by atoms with Crippen molar-refractivity contribution in [1.29, 1.82) is 0 Å². The second-order valence-corrected chi connectivity index (χ2v) is 6.26. The molecule has 4 heteroatoms. The van der Waals surface area contributed by atoms with Crippen LogP contribution in [0.2, 0.25) is 0 Å². The third-order valence-electron chi connectivity index (χ3n) is 4.20. The van der Waals surface area contributed by atoms with Crippen molar-refractivity contribution in [3.63, 3.8) is 0 Å². The molecule has 0 aliphatic heterocycles. The average Bonchev–Trinajstić information content (AvgIpc) is 3.28. The zero-order valence-electron chi connectivity index (χ0n) is 11.6. The minimum Gasteiger partial charge on any atom is -0.387 e. The van der Waals surface area contributed by atoms with Crippen molar-refractivity contribution in [3.8, 4) is 0 Å². The van der Waals surface area contributed by atoms with Crippen LogP contribution >= 0.6 is 0 Å². The van der Waals surface area contributed by atoms with E-state index < -0.39 is 17.7 Å². The number of aliphatic hydroxyl groups excluding tert-OH is 1. The van der Waals surface area contributed by atoms with E-state index in [1.54, 1.807) is 0 Å². The van der Waals surface area contributed by atoms with Gasteiger partial charge >= 0.3 is 0 Å². The van der Waals surface area contributed by atoms with Crippen LogP contribution < -0.4 is 0 Å². The van der Waals surface area contributed by atoms with E-state index in [2.05, 4.69) is 4.90 Å². The maximum Gasteiger partial charge on any atom is 0.164 e. The molecule has 1 unspecified atom stereocenters. The van der Waals surface area contributed by atoms with Crippen LogP contribution in [0, 0.1) is 23.5 Å². The quantitative estimate of drug-likeness (QED) is 0.830. The third kappa shape index (κ3) is 3.55. The van der Waals surface area contributed by atoms with Crippen molar-refractivity contribution in [1.82, 2.24) is 4.90 Å². The maximum atomic E-state index is 13.7. The van der Waals surface area contributed by atoms with Gasteiger partial charge in [0.15, 0.2) is 11.6 Å². The van der Waals surface area contributed by atoms with E-state index in [4.69, 9.17) is 0 Å². The molecule has 110 valence electrons. The van der Waals surface area contributed by atoms with Crippen LogP contribution in [0.3, 0.4) is 0 Å². The fraction of sp³-hybridized carbons (Fsp3) is 0.625. The van der Waals surface area contributed by atoms with Gasteiger partial charge in [-0.1, -0.05) is 12.1 Å². The summed E-state index contributed by atoms with van der Waals surface area (Å²) in [6.45, 7) is 2.35.